The number of ether oxygens (including phenoxy) is 2. The summed E-state index contributed by atoms with van der Waals surface area (Å²) in [6.07, 6.45) is -4.19. The summed E-state index contributed by atoms with van der Waals surface area (Å²) in [4.78, 5) is 61.7. The van der Waals surface area contributed by atoms with Crippen molar-refractivity contribution < 1.29 is 59.7 Å². The smallest absolute Gasteiger partial charge is 0.411 e. The summed E-state index contributed by atoms with van der Waals surface area (Å²) in [5, 5.41) is 14.1. The fourth-order valence-electron chi connectivity index (χ4n) is 8.29. The van der Waals surface area contributed by atoms with Crippen LogP contribution in [-0.2, 0) is 24.4 Å². The van der Waals surface area contributed by atoms with Gasteiger partial charge in [0.2, 0.25) is 27.7 Å². The van der Waals surface area contributed by atoms with E-state index in [4.69, 9.17) is 21.1 Å². The number of hydrogen-bond donors (Lipinski definition) is 3. The van der Waals surface area contributed by atoms with Crippen molar-refractivity contribution in [2.24, 2.45) is 17.8 Å². The molecular weight excluding hydrogens is 826 g/mol. The lowest BCUT2D eigenvalue weighted by molar-refractivity contribution is -0.222. The second kappa shape index (κ2) is 15.9. The molecule has 7 atom stereocenters. The Kier molecular flexibility index (Phi) is 11.9. The molecule has 1 saturated heterocycles. The van der Waals surface area contributed by atoms with E-state index in [1.54, 1.807) is 36.4 Å². The van der Waals surface area contributed by atoms with Crippen LogP contribution in [0.2, 0.25) is 5.15 Å². The minimum atomic E-state index is -5.13. The molecule has 2 aliphatic carbocycles. The van der Waals surface area contributed by atoms with Gasteiger partial charge in [-0.1, -0.05) is 37.6 Å². The Balaban J connectivity index is 1.43. The van der Waals surface area contributed by atoms with E-state index in [0.717, 1.165) is 4.90 Å². The fourth-order valence-corrected chi connectivity index (χ4v) is 9.91. The molecule has 4 amide bonds. The van der Waals surface area contributed by atoms with E-state index in [0.29, 0.717) is 43.2 Å². The predicted octanol–water partition coefficient (Wildman–Crippen LogP) is 5.77. The number of methoxy groups -OCH3 is 1. The SMILES string of the molecule is COc1ccc2c(O[C@@H]3C[C@H]4C(=O)N[C@]5(C(=O)NS(=O)(=O)C6(CF)CC6)C[C@H]5/C=C\CC[C@@H](C)C[C@@H](C)[C@H](N(C(=O)O)C(C)(C)C(F)(F)F)C(=O)N4C3)nc(Cl)cc2c1. The normalized spacial score (nSPS) is 29.2. The number of carbonyl (C=O) groups is 4. The van der Waals surface area contributed by atoms with Crippen molar-refractivity contribution in [2.75, 3.05) is 20.3 Å². The van der Waals surface area contributed by atoms with Gasteiger partial charge < -0.3 is 24.8 Å². The second-order valence-corrected chi connectivity index (χ2v) is 19.3. The Morgan fingerprint density at radius 2 is 1.85 bits per heavy atom. The zero-order valence-electron chi connectivity index (χ0n) is 33.1. The van der Waals surface area contributed by atoms with Gasteiger partial charge in [-0.2, -0.15) is 13.2 Å². The van der Waals surface area contributed by atoms with E-state index in [-0.39, 0.29) is 54.0 Å². The van der Waals surface area contributed by atoms with E-state index >= 15 is 0 Å². The van der Waals surface area contributed by atoms with Gasteiger partial charge in [0.1, 0.15) is 51.6 Å². The second-order valence-electron chi connectivity index (χ2n) is 16.8. The zero-order chi connectivity index (χ0) is 43.5. The van der Waals surface area contributed by atoms with Gasteiger partial charge in [0.05, 0.1) is 13.7 Å². The van der Waals surface area contributed by atoms with Crippen LogP contribution in [0.5, 0.6) is 11.6 Å². The van der Waals surface area contributed by atoms with Crippen LogP contribution in [0.15, 0.2) is 36.4 Å². The number of alkyl halides is 4. The van der Waals surface area contributed by atoms with Crippen LogP contribution in [0.25, 0.3) is 10.8 Å². The maximum atomic E-state index is 15.0. The molecule has 3 fully saturated rings. The number of nitrogens with zero attached hydrogens (tertiary/aromatic N) is 3. The number of rotatable bonds is 9. The molecule has 6 rings (SSSR count). The minimum Gasteiger partial charge on any atom is -0.497 e. The lowest BCUT2D eigenvalue weighted by Gasteiger charge is -2.45. The van der Waals surface area contributed by atoms with Crippen LogP contribution in [0.4, 0.5) is 22.4 Å². The van der Waals surface area contributed by atoms with Crippen molar-refractivity contribution in [3.63, 3.8) is 0 Å². The quantitative estimate of drug-likeness (QED) is 0.159. The number of amides is 4. The van der Waals surface area contributed by atoms with Crippen molar-refractivity contribution in [2.45, 2.75) is 113 Å². The summed E-state index contributed by atoms with van der Waals surface area (Å²) in [5.41, 5.74) is -4.93. The highest BCUT2D eigenvalue weighted by molar-refractivity contribution is 7.91. The molecule has 2 aliphatic heterocycles. The van der Waals surface area contributed by atoms with E-state index in [1.165, 1.54) is 14.0 Å². The molecule has 0 radical (unpaired) electrons. The number of carbonyl (C=O) groups excluding carboxylic acids is 3. The zero-order valence-corrected chi connectivity index (χ0v) is 34.7. The Morgan fingerprint density at radius 1 is 1.15 bits per heavy atom. The Labute approximate surface area is 344 Å². The molecule has 0 bridgehead atoms. The maximum absolute atomic E-state index is 15.0. The molecule has 4 aliphatic rings. The molecule has 2 aromatic rings. The third-order valence-corrected chi connectivity index (χ3v) is 14.6. The van der Waals surface area contributed by atoms with Gasteiger partial charge in [0.15, 0.2) is 0 Å². The monoisotopic (exact) mass is 873 g/mol. The molecule has 59 heavy (non-hydrogen) atoms. The van der Waals surface area contributed by atoms with E-state index in [1.807, 2.05) is 11.6 Å². The van der Waals surface area contributed by atoms with Crippen molar-refractivity contribution >= 4 is 56.2 Å². The first kappa shape index (κ1) is 44.2. The van der Waals surface area contributed by atoms with Crippen molar-refractivity contribution in [1.29, 1.82) is 0 Å². The third-order valence-electron chi connectivity index (χ3n) is 12.3. The van der Waals surface area contributed by atoms with Gasteiger partial charge in [0, 0.05) is 17.7 Å². The molecule has 1 aromatic carbocycles. The highest BCUT2D eigenvalue weighted by atomic mass is 35.5. The minimum absolute atomic E-state index is 0.00404. The van der Waals surface area contributed by atoms with Gasteiger partial charge in [-0.05, 0) is 93.9 Å². The molecule has 14 nitrogen and oxygen atoms in total. The lowest BCUT2D eigenvalue weighted by Crippen LogP contribution is -2.66. The molecule has 3 N–H and O–H groups in total. The Morgan fingerprint density at radius 3 is 2.46 bits per heavy atom. The number of allylic oxidation sites excluding steroid dienone is 1. The van der Waals surface area contributed by atoms with Crippen LogP contribution in [0, 0.1) is 17.8 Å². The molecule has 1 aromatic heterocycles. The van der Waals surface area contributed by atoms with Gasteiger partial charge in [0.25, 0.3) is 5.91 Å². The van der Waals surface area contributed by atoms with Gasteiger partial charge >= 0.3 is 12.3 Å². The van der Waals surface area contributed by atoms with Gasteiger partial charge in [-0.25, -0.2) is 22.6 Å². The molecule has 20 heteroatoms. The number of benzene rings is 1. The summed E-state index contributed by atoms with van der Waals surface area (Å²) in [6.45, 7) is 2.97. The fraction of sp³-hybridized carbons (Fsp3) is 0.615. The van der Waals surface area contributed by atoms with Crippen molar-refractivity contribution in [1.82, 2.24) is 24.8 Å². The van der Waals surface area contributed by atoms with Crippen LogP contribution in [-0.4, -0.2) is 113 Å². The molecular formula is C39H48ClF4N5O9S. The van der Waals surface area contributed by atoms with Crippen LogP contribution < -0.4 is 19.5 Å². The number of nitrogens with one attached hydrogen (secondary N) is 2. The number of pyridine rings is 1. The molecule has 0 spiro atoms. The average molecular weight is 874 g/mol. The lowest BCUT2D eigenvalue weighted by atomic mass is 9.85. The summed E-state index contributed by atoms with van der Waals surface area (Å²) in [6, 6.07) is 3.00. The highest BCUT2D eigenvalue weighted by Gasteiger charge is 2.64. The summed E-state index contributed by atoms with van der Waals surface area (Å²) in [5.74, 6) is -4.64. The Bertz CT molecular complexity index is 2150. The first-order valence-electron chi connectivity index (χ1n) is 19.3. The molecule has 3 heterocycles. The van der Waals surface area contributed by atoms with Gasteiger partial charge in [-0.15, -0.1) is 0 Å². The number of hydrogen-bond acceptors (Lipinski definition) is 9. The molecule has 324 valence electrons. The van der Waals surface area contributed by atoms with Gasteiger partial charge in [-0.3, -0.25) is 24.0 Å². The number of halogens is 5. The maximum Gasteiger partial charge on any atom is 0.411 e. The molecule has 0 unspecified atom stereocenters. The number of sulfonamides is 1. The number of carboxylic acid groups (broad SMARTS) is 1. The standard InChI is InChI=1S/C39H48ClF4N5O9S/c1-21-8-6-7-9-24-18-38(24,34(52)47-59(55,56)37(20-41)12-13-37)46-31(50)28-17-26(58-32-27-11-10-25(57-5)15-23(27)16-29(40)45-32)19-48(28)33(51)30(22(2)14-21)49(35(53)54)36(3,4)39(42,43)44/h7,9-11,15-16,21-22,24,26,28,30H,6,8,12-14,17-20H2,1-5H3,(H,46,50)(H,47,52)(H,53,54)/b9-7-/t21-,22-,24-,26-,28+,30+,38-/m1/s1. The first-order chi connectivity index (χ1) is 27.5. The van der Waals surface area contributed by atoms with Crippen molar-refractivity contribution in [3.05, 3.63) is 41.6 Å². The predicted molar refractivity (Wildman–Crippen MR) is 207 cm³/mol. The number of fused-ring (bicyclic) bond motifs is 3. The van der Waals surface area contributed by atoms with E-state index < -0.39 is 99.1 Å². The largest absolute Gasteiger partial charge is 0.497 e. The Hall–Kier alpha value is -4.39. The summed E-state index contributed by atoms with van der Waals surface area (Å²) < 4.78 is 96.1. The number of aromatic nitrogens is 1. The van der Waals surface area contributed by atoms with Crippen LogP contribution >= 0.6 is 11.6 Å². The summed E-state index contributed by atoms with van der Waals surface area (Å²) in [7, 11) is -3.04. The van der Waals surface area contributed by atoms with E-state index in [2.05, 4.69) is 10.3 Å². The van der Waals surface area contributed by atoms with Crippen LogP contribution in [0.3, 0.4) is 0 Å². The molecule has 2 saturated carbocycles. The highest BCUT2D eigenvalue weighted by Crippen LogP contribution is 2.48. The topological polar surface area (TPSA) is 185 Å². The summed E-state index contributed by atoms with van der Waals surface area (Å²) >= 11 is 6.34. The first-order valence-corrected chi connectivity index (χ1v) is 21.2. The third kappa shape index (κ3) is 8.37. The van der Waals surface area contributed by atoms with Crippen LogP contribution in [0.1, 0.15) is 72.6 Å². The van der Waals surface area contributed by atoms with Crippen molar-refractivity contribution in [3.8, 4) is 11.6 Å². The average Bonchev–Trinajstić information content (AvgIpc) is 4.05. The van der Waals surface area contributed by atoms with E-state index in [9.17, 15) is 50.3 Å².